The number of hydrogen-bond acceptors (Lipinski definition) is 4. The fourth-order valence-corrected chi connectivity index (χ4v) is 1.53. The van der Waals surface area contributed by atoms with Gasteiger partial charge in [0, 0.05) is 5.56 Å². The van der Waals surface area contributed by atoms with Crippen LogP contribution in [0.25, 0.3) is 0 Å². The van der Waals surface area contributed by atoms with Gasteiger partial charge in [0.15, 0.2) is 11.5 Å². The molecule has 2 aromatic rings. The molecule has 0 radical (unpaired) electrons. The van der Waals surface area contributed by atoms with Crippen LogP contribution in [0.5, 0.6) is 11.5 Å². The van der Waals surface area contributed by atoms with Gasteiger partial charge < -0.3 is 15.1 Å². The van der Waals surface area contributed by atoms with Crippen molar-refractivity contribution in [2.24, 2.45) is 5.16 Å². The Hall–Kier alpha value is -2.49. The van der Waals surface area contributed by atoms with Crippen molar-refractivity contribution in [1.82, 2.24) is 0 Å². The lowest BCUT2D eigenvalue weighted by atomic mass is 10.1. The number of rotatable bonds is 4. The first-order valence-corrected chi connectivity index (χ1v) is 5.48. The molecule has 0 heterocycles. The smallest absolute Gasteiger partial charge is 0.161 e. The van der Waals surface area contributed by atoms with E-state index in [4.69, 9.17) is 9.94 Å². The molecule has 0 aliphatic rings. The second kappa shape index (κ2) is 5.72. The molecular formula is C14H13NO3. The lowest BCUT2D eigenvalue weighted by Gasteiger charge is -2.08. The van der Waals surface area contributed by atoms with Crippen LogP contribution in [-0.4, -0.2) is 22.6 Å². The molecule has 18 heavy (non-hydrogen) atoms. The lowest BCUT2D eigenvalue weighted by molar-refractivity contribution is 0.304. The van der Waals surface area contributed by atoms with Crippen LogP contribution in [0.2, 0.25) is 0 Å². The first kappa shape index (κ1) is 12.0. The van der Waals surface area contributed by atoms with E-state index in [9.17, 15) is 5.11 Å². The third-order valence-electron chi connectivity index (χ3n) is 2.46. The van der Waals surface area contributed by atoms with Crippen LogP contribution >= 0.6 is 0 Å². The van der Waals surface area contributed by atoms with Gasteiger partial charge in [0.05, 0.1) is 0 Å². The van der Waals surface area contributed by atoms with E-state index in [1.54, 1.807) is 18.2 Å². The number of para-hydroxylation sites is 2. The van der Waals surface area contributed by atoms with Crippen LogP contribution in [0.1, 0.15) is 5.56 Å². The third kappa shape index (κ3) is 2.79. The number of aromatic hydroxyl groups is 1. The maximum atomic E-state index is 9.54. The van der Waals surface area contributed by atoms with Crippen molar-refractivity contribution in [2.45, 2.75) is 0 Å². The predicted octanol–water partition coefficient (Wildman–Crippen LogP) is 2.65. The minimum absolute atomic E-state index is 0.0582. The summed E-state index contributed by atoms with van der Waals surface area (Å²) in [6.07, 6.45) is 0. The minimum atomic E-state index is 0.0582. The molecule has 0 amide bonds. The largest absolute Gasteiger partial charge is 0.504 e. The van der Waals surface area contributed by atoms with Crippen LogP contribution in [0.15, 0.2) is 59.8 Å². The lowest BCUT2D eigenvalue weighted by Crippen LogP contribution is -2.13. The summed E-state index contributed by atoms with van der Waals surface area (Å²) in [7, 11) is 0. The fourth-order valence-electron chi connectivity index (χ4n) is 1.53. The summed E-state index contributed by atoms with van der Waals surface area (Å²) < 4.78 is 5.40. The number of nitrogens with zero attached hydrogens (tertiary/aromatic N) is 1. The number of hydrogen-bond donors (Lipinski definition) is 2. The van der Waals surface area contributed by atoms with Crippen LogP contribution in [0, 0.1) is 0 Å². The van der Waals surface area contributed by atoms with Crippen molar-refractivity contribution in [3.63, 3.8) is 0 Å². The number of phenolic OH excluding ortho intramolecular Hbond substituents is 1. The maximum Gasteiger partial charge on any atom is 0.161 e. The molecule has 0 spiro atoms. The number of ether oxygens (including phenoxy) is 1. The fraction of sp³-hybridized carbons (Fsp3) is 0.0714. The summed E-state index contributed by atoms with van der Waals surface area (Å²) in [4.78, 5) is 0. The van der Waals surface area contributed by atoms with Crippen molar-refractivity contribution in [1.29, 1.82) is 0 Å². The summed E-state index contributed by atoms with van der Waals surface area (Å²) in [5, 5.41) is 21.7. The first-order valence-electron chi connectivity index (χ1n) is 5.48. The standard InChI is InChI=1S/C14H13NO3/c16-13-8-4-5-9-14(13)18-10-12(15-17)11-6-2-1-3-7-11/h1-9,16-17H,10H2/b15-12-. The molecule has 0 aliphatic heterocycles. The number of oxime groups is 1. The van der Waals surface area contributed by atoms with E-state index in [1.807, 2.05) is 30.3 Å². The summed E-state index contributed by atoms with van der Waals surface area (Å²) in [5.74, 6) is 0.414. The molecule has 4 nitrogen and oxygen atoms in total. The normalized spacial score (nSPS) is 11.2. The number of benzene rings is 2. The Morgan fingerprint density at radius 2 is 1.67 bits per heavy atom. The van der Waals surface area contributed by atoms with E-state index in [2.05, 4.69) is 5.16 Å². The zero-order chi connectivity index (χ0) is 12.8. The van der Waals surface area contributed by atoms with Gasteiger partial charge >= 0.3 is 0 Å². The summed E-state index contributed by atoms with van der Waals surface area (Å²) in [5.41, 5.74) is 1.18. The van der Waals surface area contributed by atoms with E-state index in [0.717, 1.165) is 5.56 Å². The molecule has 2 N–H and O–H groups in total. The molecule has 0 saturated heterocycles. The van der Waals surface area contributed by atoms with Gasteiger partial charge in [0.1, 0.15) is 12.3 Å². The highest BCUT2D eigenvalue weighted by atomic mass is 16.5. The van der Waals surface area contributed by atoms with Crippen molar-refractivity contribution in [3.05, 3.63) is 60.2 Å². The Balaban J connectivity index is 2.08. The minimum Gasteiger partial charge on any atom is -0.504 e. The van der Waals surface area contributed by atoms with Crippen LogP contribution in [-0.2, 0) is 0 Å². The van der Waals surface area contributed by atoms with E-state index in [1.165, 1.54) is 6.07 Å². The molecule has 0 saturated carbocycles. The predicted molar refractivity (Wildman–Crippen MR) is 68.4 cm³/mol. The molecule has 4 heteroatoms. The molecule has 0 aromatic heterocycles. The van der Waals surface area contributed by atoms with Crippen LogP contribution in [0.4, 0.5) is 0 Å². The Kier molecular flexibility index (Phi) is 3.81. The summed E-state index contributed by atoms with van der Waals surface area (Å²) in [6.45, 7) is 0.0814. The molecule has 2 aromatic carbocycles. The average molecular weight is 243 g/mol. The maximum absolute atomic E-state index is 9.54. The van der Waals surface area contributed by atoms with Crippen molar-refractivity contribution in [2.75, 3.05) is 6.61 Å². The van der Waals surface area contributed by atoms with E-state index in [-0.39, 0.29) is 12.4 Å². The highest BCUT2D eigenvalue weighted by Crippen LogP contribution is 2.24. The van der Waals surface area contributed by atoms with E-state index < -0.39 is 0 Å². The second-order valence-corrected chi connectivity index (χ2v) is 3.67. The van der Waals surface area contributed by atoms with Crippen LogP contribution in [0.3, 0.4) is 0 Å². The van der Waals surface area contributed by atoms with E-state index >= 15 is 0 Å². The summed E-state index contributed by atoms with van der Waals surface area (Å²) >= 11 is 0. The molecule has 0 fully saturated rings. The first-order chi connectivity index (χ1) is 8.81. The molecule has 2 rings (SSSR count). The van der Waals surface area contributed by atoms with Gasteiger partial charge in [-0.05, 0) is 12.1 Å². The van der Waals surface area contributed by atoms with Crippen LogP contribution < -0.4 is 4.74 Å². The molecule has 0 unspecified atom stereocenters. The van der Waals surface area contributed by atoms with Crippen molar-refractivity contribution >= 4 is 5.71 Å². The van der Waals surface area contributed by atoms with E-state index in [0.29, 0.717) is 11.5 Å². The Morgan fingerprint density at radius 1 is 1.00 bits per heavy atom. The molecule has 92 valence electrons. The Bertz CT molecular complexity index is 538. The van der Waals surface area contributed by atoms with Crippen molar-refractivity contribution < 1.29 is 15.1 Å². The summed E-state index contributed by atoms with van der Waals surface area (Å²) in [6, 6.07) is 15.9. The van der Waals surface area contributed by atoms with Gasteiger partial charge in [0.2, 0.25) is 0 Å². The van der Waals surface area contributed by atoms with Gasteiger partial charge in [-0.15, -0.1) is 0 Å². The molecule has 0 bridgehead atoms. The van der Waals surface area contributed by atoms with Gasteiger partial charge in [-0.3, -0.25) is 0 Å². The van der Waals surface area contributed by atoms with Gasteiger partial charge in [-0.1, -0.05) is 47.6 Å². The third-order valence-corrected chi connectivity index (χ3v) is 2.46. The van der Waals surface area contributed by atoms with Gasteiger partial charge in [-0.25, -0.2) is 0 Å². The Morgan fingerprint density at radius 3 is 2.33 bits per heavy atom. The zero-order valence-corrected chi connectivity index (χ0v) is 9.65. The van der Waals surface area contributed by atoms with Gasteiger partial charge in [0.25, 0.3) is 0 Å². The SMILES string of the molecule is O/N=C(/COc1ccccc1O)c1ccccc1. The molecule has 0 aliphatic carbocycles. The quantitative estimate of drug-likeness (QED) is 0.493. The monoisotopic (exact) mass is 243 g/mol. The van der Waals surface area contributed by atoms with Crippen molar-refractivity contribution in [3.8, 4) is 11.5 Å². The Labute approximate surface area is 105 Å². The number of phenols is 1. The topological polar surface area (TPSA) is 62.1 Å². The highest BCUT2D eigenvalue weighted by Gasteiger charge is 2.07. The zero-order valence-electron chi connectivity index (χ0n) is 9.65. The average Bonchev–Trinajstić information content (AvgIpc) is 2.42. The highest BCUT2D eigenvalue weighted by molar-refractivity contribution is 6.01. The van der Waals surface area contributed by atoms with Gasteiger partial charge in [-0.2, -0.15) is 0 Å². The molecule has 0 atom stereocenters. The second-order valence-electron chi connectivity index (χ2n) is 3.67. The molecular weight excluding hydrogens is 230 g/mol.